The number of thiazole rings is 1. The van der Waals surface area contributed by atoms with Gasteiger partial charge in [0.25, 0.3) is 11.8 Å². The Balaban J connectivity index is 1.49. The lowest BCUT2D eigenvalue weighted by molar-refractivity contribution is -0.899. The Kier molecular flexibility index (Phi) is 9.59. The Hall–Kier alpha value is -4.42. The van der Waals surface area contributed by atoms with Crippen LogP contribution in [-0.2, 0) is 35.3 Å². The van der Waals surface area contributed by atoms with Crippen molar-refractivity contribution in [1.29, 1.82) is 0 Å². The van der Waals surface area contributed by atoms with Crippen LogP contribution in [0, 0.1) is 0 Å². The van der Waals surface area contributed by atoms with Crippen LogP contribution in [0.5, 0.6) is 5.75 Å². The molecule has 1 saturated heterocycles. The van der Waals surface area contributed by atoms with Gasteiger partial charge in [0, 0.05) is 29.0 Å². The summed E-state index contributed by atoms with van der Waals surface area (Å²) in [4.78, 5) is 75.7. The standard InChI is InChI=1S/C27H33N7O9S2/c1-27(2,3)43-18(37)10-42-32-19(15-12-45-26(28)30-15)22(38)31-20-23(39)33-21(25(40)41)13(11-44-24(20)33)8-34(4,5)9-14-6-16(35)17(36)7-29-14/h6-7,12,20,24H,8-11H2,1-5H3,(H5-,28,29,30,31,32,35,36,38,40,41)/t20-,24+/m1/s1. The number of carbonyl (C=O) groups excluding carboxylic acids is 4. The van der Waals surface area contributed by atoms with Gasteiger partial charge >= 0.3 is 5.97 Å². The second-order valence-corrected chi connectivity index (χ2v) is 13.9. The molecule has 1 fully saturated rings. The highest BCUT2D eigenvalue weighted by Crippen LogP contribution is 2.40. The molecule has 2 aromatic heterocycles. The van der Waals surface area contributed by atoms with Gasteiger partial charge in [-0.2, -0.15) is 0 Å². The number of carbonyl (C=O) groups is 4. The summed E-state index contributed by atoms with van der Waals surface area (Å²) in [6.45, 7) is 4.93. The third-order valence-corrected chi connectivity index (χ3v) is 8.45. The fraction of sp³-hybridized carbons (Fsp3) is 0.444. The van der Waals surface area contributed by atoms with Gasteiger partial charge in [0.05, 0.1) is 31.5 Å². The number of carboxylic acid groups (broad SMARTS) is 1. The van der Waals surface area contributed by atoms with Crippen molar-refractivity contribution < 1.29 is 43.4 Å². The van der Waals surface area contributed by atoms with Gasteiger partial charge in [0.15, 0.2) is 16.6 Å². The average Bonchev–Trinajstić information content (AvgIpc) is 3.35. The van der Waals surface area contributed by atoms with E-state index >= 15 is 0 Å². The second-order valence-electron chi connectivity index (χ2n) is 11.9. The lowest BCUT2D eigenvalue weighted by atomic mass is 10.0. The number of carboxylic acids is 1. The van der Waals surface area contributed by atoms with Crippen molar-refractivity contribution in [3.05, 3.63) is 50.5 Å². The summed E-state index contributed by atoms with van der Waals surface area (Å²) in [6, 6.07) is 0.163. The Bertz CT molecular complexity index is 1640. The number of nitrogens with two attached hydrogens (primary N) is 1. The molecule has 16 nitrogen and oxygen atoms in total. The number of anilines is 1. The Morgan fingerprint density at radius 1 is 1.29 bits per heavy atom. The van der Waals surface area contributed by atoms with E-state index in [1.807, 2.05) is 14.1 Å². The first kappa shape index (κ1) is 33.5. The number of pyridine rings is 1. The normalized spacial score (nSPS) is 18.6. The summed E-state index contributed by atoms with van der Waals surface area (Å²) in [5, 5.41) is 29.0. The molecule has 4 heterocycles. The number of aromatic nitrogens is 2. The summed E-state index contributed by atoms with van der Waals surface area (Å²) < 4.78 is 5.37. The lowest BCUT2D eigenvalue weighted by Gasteiger charge is -2.51. The third kappa shape index (κ3) is 8.00. The van der Waals surface area contributed by atoms with Crippen molar-refractivity contribution in [2.24, 2.45) is 5.16 Å². The number of hydrogen-bond donors (Lipinski definition) is 4. The van der Waals surface area contributed by atoms with Crippen LogP contribution in [0.25, 0.3) is 0 Å². The van der Waals surface area contributed by atoms with E-state index in [0.29, 0.717) is 17.8 Å². The highest BCUT2D eigenvalue weighted by Gasteiger charge is 2.53. The van der Waals surface area contributed by atoms with Crippen molar-refractivity contribution in [2.45, 2.75) is 44.3 Å². The number of quaternary nitrogens is 1. The van der Waals surface area contributed by atoms with E-state index < -0.39 is 58.6 Å². The van der Waals surface area contributed by atoms with Gasteiger partial charge in [-0.05, 0) is 20.8 Å². The molecule has 2 aliphatic rings. The summed E-state index contributed by atoms with van der Waals surface area (Å²) >= 11 is 2.30. The first-order valence-corrected chi connectivity index (χ1v) is 15.4. The van der Waals surface area contributed by atoms with Gasteiger partial charge in [-0.25, -0.2) is 9.78 Å². The number of H-pyrrole nitrogens is 1. The summed E-state index contributed by atoms with van der Waals surface area (Å²) in [6.07, 6.45) is 1.18. The maximum Gasteiger partial charge on any atom is 0.347 e. The summed E-state index contributed by atoms with van der Waals surface area (Å²) in [7, 11) is 3.64. The molecule has 5 N–H and O–H groups in total. The number of rotatable bonds is 11. The Labute approximate surface area is 265 Å². The van der Waals surface area contributed by atoms with Crippen LogP contribution in [-0.4, -0.2) is 104 Å². The van der Waals surface area contributed by atoms with Crippen LogP contribution in [0.4, 0.5) is 5.13 Å². The predicted octanol–water partition coefficient (Wildman–Crippen LogP) is -1.14. The van der Waals surface area contributed by atoms with Crippen molar-refractivity contribution in [3.8, 4) is 5.75 Å². The van der Waals surface area contributed by atoms with Gasteiger partial charge < -0.3 is 45.1 Å². The number of likely N-dealkylation sites (N-methyl/N-ethyl adjacent to an activating group) is 1. The van der Waals surface area contributed by atoms with E-state index in [4.69, 9.17) is 15.3 Å². The first-order chi connectivity index (χ1) is 21.0. The maximum absolute atomic E-state index is 13.3. The monoisotopic (exact) mass is 663 g/mol. The number of hydrogen-bond acceptors (Lipinski definition) is 14. The molecule has 45 heavy (non-hydrogen) atoms. The SMILES string of the molecule is CC(C)(C)OC(=O)CON=C(C(=O)N[C@@H]1C(=O)N2C(C(=O)[O-])=C(C[N+](C)(C)Cc3cc(=O)c(O)c[nH]3)CS[C@@H]12)c1csc(N)n1. The third-order valence-electron chi connectivity index (χ3n) is 6.43. The average molecular weight is 664 g/mol. The number of nitrogens with zero attached hydrogens (tertiary/aromatic N) is 4. The maximum atomic E-state index is 13.3. The van der Waals surface area contributed by atoms with Gasteiger partial charge in [-0.3, -0.25) is 19.3 Å². The number of aromatic hydroxyl groups is 1. The molecule has 242 valence electrons. The van der Waals surface area contributed by atoms with Crippen LogP contribution in [0.1, 0.15) is 32.2 Å². The minimum absolute atomic E-state index is 0.0479. The molecule has 4 rings (SSSR count). The van der Waals surface area contributed by atoms with Crippen molar-refractivity contribution in [2.75, 3.05) is 38.7 Å². The summed E-state index contributed by atoms with van der Waals surface area (Å²) in [5.41, 5.74) is 4.80. The van der Waals surface area contributed by atoms with E-state index in [-0.39, 0.29) is 39.0 Å². The highest BCUT2D eigenvalue weighted by atomic mass is 32.2. The van der Waals surface area contributed by atoms with Crippen LogP contribution in [0.3, 0.4) is 0 Å². The zero-order chi connectivity index (χ0) is 33.3. The minimum atomic E-state index is -1.54. The molecule has 0 radical (unpaired) electrons. The summed E-state index contributed by atoms with van der Waals surface area (Å²) in [5.74, 6) is -3.97. The molecule has 2 atom stereocenters. The molecular formula is C27H33N7O9S2. The molecule has 2 aliphatic heterocycles. The van der Waals surface area contributed by atoms with E-state index in [1.54, 1.807) is 20.8 Å². The van der Waals surface area contributed by atoms with E-state index in [9.17, 15) is 34.2 Å². The number of β-lactam (4-membered cyclic amide) rings is 1. The molecular weight excluding hydrogens is 630 g/mol. The fourth-order valence-corrected chi connectivity index (χ4v) is 6.64. The zero-order valence-electron chi connectivity index (χ0n) is 25.1. The Morgan fingerprint density at radius 3 is 2.60 bits per heavy atom. The van der Waals surface area contributed by atoms with Crippen molar-refractivity contribution >= 4 is 57.7 Å². The second kappa shape index (κ2) is 12.9. The van der Waals surface area contributed by atoms with Gasteiger partial charge in [0.1, 0.15) is 35.8 Å². The number of oxime groups is 1. The van der Waals surface area contributed by atoms with Crippen LogP contribution >= 0.6 is 23.1 Å². The zero-order valence-corrected chi connectivity index (χ0v) is 26.7. The molecule has 2 aromatic rings. The molecule has 0 saturated carbocycles. The number of amides is 2. The molecule has 2 amide bonds. The lowest BCUT2D eigenvalue weighted by Crippen LogP contribution is -2.71. The largest absolute Gasteiger partial charge is 0.543 e. The number of nitrogens with one attached hydrogen (secondary N) is 2. The number of thioether (sulfide) groups is 1. The Morgan fingerprint density at radius 2 is 2.00 bits per heavy atom. The van der Waals surface area contributed by atoms with Crippen LogP contribution in [0.2, 0.25) is 0 Å². The van der Waals surface area contributed by atoms with Gasteiger partial charge in [-0.15, -0.1) is 23.1 Å². The molecule has 0 aliphatic carbocycles. The minimum Gasteiger partial charge on any atom is -0.543 e. The number of nitrogen functional groups attached to an aromatic ring is 1. The first-order valence-electron chi connectivity index (χ1n) is 13.5. The van der Waals surface area contributed by atoms with E-state index in [0.717, 1.165) is 16.2 Å². The van der Waals surface area contributed by atoms with Crippen molar-refractivity contribution in [3.63, 3.8) is 0 Å². The highest BCUT2D eigenvalue weighted by molar-refractivity contribution is 8.00. The molecule has 0 aromatic carbocycles. The van der Waals surface area contributed by atoms with E-state index in [2.05, 4.69) is 20.4 Å². The molecule has 0 bridgehead atoms. The molecule has 18 heteroatoms. The number of ether oxygens (including phenoxy) is 1. The number of aliphatic carboxylic acids is 1. The van der Waals surface area contributed by atoms with Crippen LogP contribution in [0.15, 0.2) is 38.9 Å². The smallest absolute Gasteiger partial charge is 0.347 e. The molecule has 0 spiro atoms. The number of esters is 1. The number of fused-ring (bicyclic) bond motifs is 1. The van der Waals surface area contributed by atoms with E-state index in [1.165, 1.54) is 29.4 Å². The van der Waals surface area contributed by atoms with Crippen LogP contribution < -0.4 is 21.6 Å². The van der Waals surface area contributed by atoms with Crippen molar-refractivity contribution in [1.82, 2.24) is 20.2 Å². The fourth-order valence-electron chi connectivity index (χ4n) is 4.76. The topological polar surface area (TPSA) is 229 Å². The van der Waals surface area contributed by atoms with Gasteiger partial charge in [-0.1, -0.05) is 5.16 Å². The number of aromatic amines is 1. The molecule has 0 unspecified atom stereocenters. The predicted molar refractivity (Wildman–Crippen MR) is 161 cm³/mol. The quantitative estimate of drug-likeness (QED) is 0.0735. The van der Waals surface area contributed by atoms with Gasteiger partial charge in [0.2, 0.25) is 12.0 Å².